The van der Waals surface area contributed by atoms with Crippen LogP contribution in [0.5, 0.6) is 5.75 Å². The average molecular weight is 391 g/mol. The van der Waals surface area contributed by atoms with Gasteiger partial charge >= 0.3 is 0 Å². The average Bonchev–Trinajstić information content (AvgIpc) is 2.64. The van der Waals surface area contributed by atoms with E-state index in [1.165, 1.54) is 11.3 Å². The molecule has 3 N–H and O–H groups in total. The molecule has 0 atom stereocenters. The zero-order valence-corrected chi connectivity index (χ0v) is 16.6. The number of aliphatic imine (C=N–C) groups is 2. The van der Waals surface area contributed by atoms with Crippen molar-refractivity contribution in [2.75, 3.05) is 20.2 Å². The number of halogens is 1. The summed E-state index contributed by atoms with van der Waals surface area (Å²) < 4.78 is 0. The highest BCUT2D eigenvalue weighted by molar-refractivity contribution is 6.32. The summed E-state index contributed by atoms with van der Waals surface area (Å²) in [6, 6.07) is 4.98. The number of unbranched alkanes of at least 4 members (excludes halogenated alkanes) is 1. The van der Waals surface area contributed by atoms with E-state index in [2.05, 4.69) is 23.3 Å². The highest BCUT2D eigenvalue weighted by Gasteiger charge is 2.15. The Kier molecular flexibility index (Phi) is 10.1. The third-order valence-electron chi connectivity index (χ3n) is 3.66. The Hall–Kier alpha value is -2.41. The van der Waals surface area contributed by atoms with E-state index in [9.17, 15) is 5.11 Å². The van der Waals surface area contributed by atoms with Gasteiger partial charge in [-0.1, -0.05) is 24.2 Å². The summed E-state index contributed by atoms with van der Waals surface area (Å²) in [5.74, 6) is 0.590. The predicted octanol–water partition coefficient (Wildman–Crippen LogP) is 4.18. The molecule has 0 heterocycles. The fourth-order valence-corrected chi connectivity index (χ4v) is 2.75. The van der Waals surface area contributed by atoms with Crippen molar-refractivity contribution in [1.82, 2.24) is 5.06 Å². The molecule has 6 nitrogen and oxygen atoms in total. The van der Waals surface area contributed by atoms with Crippen molar-refractivity contribution in [3.8, 4) is 5.75 Å². The summed E-state index contributed by atoms with van der Waals surface area (Å²) in [5.41, 5.74) is 7.41. The van der Waals surface area contributed by atoms with E-state index in [1.807, 2.05) is 6.92 Å². The number of hydroxylamine groups is 2. The first-order valence-electron chi connectivity index (χ1n) is 8.54. The van der Waals surface area contributed by atoms with Gasteiger partial charge in [0, 0.05) is 30.6 Å². The fraction of sp³-hybridized carbons (Fsp3) is 0.300. The number of rotatable bonds is 10. The van der Waals surface area contributed by atoms with Crippen LogP contribution in [0.1, 0.15) is 25.3 Å². The summed E-state index contributed by atoms with van der Waals surface area (Å²) in [6.45, 7) is 10.2. The van der Waals surface area contributed by atoms with E-state index in [0.717, 1.165) is 18.4 Å². The minimum Gasteiger partial charge on any atom is -0.507 e. The number of allylic oxidation sites excluding steroid dienone is 1. The lowest BCUT2D eigenvalue weighted by molar-refractivity contribution is -0.0617. The molecule has 0 aliphatic heterocycles. The summed E-state index contributed by atoms with van der Waals surface area (Å²) in [6.07, 6.45) is 6.57. The predicted molar refractivity (Wildman–Crippen MR) is 114 cm³/mol. The van der Waals surface area contributed by atoms with Crippen LogP contribution in [0.2, 0.25) is 5.02 Å². The highest BCUT2D eigenvalue weighted by atomic mass is 35.5. The van der Waals surface area contributed by atoms with Crippen molar-refractivity contribution in [3.63, 3.8) is 0 Å². The molecule has 0 aliphatic rings. The molecule has 0 fully saturated rings. The fourth-order valence-electron chi connectivity index (χ4n) is 2.43. The third kappa shape index (κ3) is 6.67. The van der Waals surface area contributed by atoms with Gasteiger partial charge in [0.25, 0.3) is 0 Å². The molecule has 0 amide bonds. The van der Waals surface area contributed by atoms with Crippen molar-refractivity contribution < 1.29 is 9.94 Å². The van der Waals surface area contributed by atoms with Crippen LogP contribution in [0.15, 0.2) is 58.8 Å². The Morgan fingerprint density at radius 3 is 2.70 bits per heavy atom. The Morgan fingerprint density at radius 2 is 2.15 bits per heavy atom. The molecule has 0 spiro atoms. The van der Waals surface area contributed by atoms with Gasteiger partial charge in [-0.15, -0.1) is 0 Å². The Morgan fingerprint density at radius 1 is 1.41 bits per heavy atom. The van der Waals surface area contributed by atoms with Crippen molar-refractivity contribution in [3.05, 3.63) is 59.4 Å². The van der Waals surface area contributed by atoms with Gasteiger partial charge in [-0.25, -0.2) is 5.06 Å². The molecule has 146 valence electrons. The summed E-state index contributed by atoms with van der Waals surface area (Å²) >= 11 is 6.24. The first kappa shape index (κ1) is 22.6. The summed E-state index contributed by atoms with van der Waals surface area (Å²) in [4.78, 5) is 13.9. The van der Waals surface area contributed by atoms with E-state index >= 15 is 0 Å². The number of phenols is 1. The van der Waals surface area contributed by atoms with E-state index in [0.29, 0.717) is 35.1 Å². The van der Waals surface area contributed by atoms with Gasteiger partial charge in [0.15, 0.2) is 5.84 Å². The van der Waals surface area contributed by atoms with Gasteiger partial charge in [-0.05, 0) is 56.8 Å². The zero-order chi connectivity index (χ0) is 20.2. The molecular weight excluding hydrogens is 364 g/mol. The van der Waals surface area contributed by atoms with Crippen LogP contribution in [0.25, 0.3) is 5.57 Å². The molecule has 27 heavy (non-hydrogen) atoms. The number of amidine groups is 1. The van der Waals surface area contributed by atoms with Gasteiger partial charge < -0.3 is 10.8 Å². The monoisotopic (exact) mass is 390 g/mol. The molecule has 1 rings (SSSR count). The maximum Gasteiger partial charge on any atom is 0.161 e. The zero-order valence-electron chi connectivity index (χ0n) is 15.9. The first-order valence-corrected chi connectivity index (χ1v) is 8.92. The second-order valence-electron chi connectivity index (χ2n) is 5.61. The van der Waals surface area contributed by atoms with Gasteiger partial charge in [0.1, 0.15) is 5.75 Å². The first-order chi connectivity index (χ1) is 13.0. The Bertz CT molecular complexity index is 721. The lowest BCUT2D eigenvalue weighted by Gasteiger charge is -2.22. The van der Waals surface area contributed by atoms with Crippen LogP contribution < -0.4 is 5.73 Å². The maximum atomic E-state index is 10.2. The number of hydrogen-bond donors (Lipinski definition) is 2. The van der Waals surface area contributed by atoms with E-state index < -0.39 is 0 Å². The lowest BCUT2D eigenvalue weighted by atomic mass is 10.0. The van der Waals surface area contributed by atoms with Crippen molar-refractivity contribution in [1.29, 1.82) is 0 Å². The molecule has 7 heteroatoms. The molecule has 0 radical (unpaired) electrons. The van der Waals surface area contributed by atoms with E-state index in [-0.39, 0.29) is 5.75 Å². The number of nitrogens with two attached hydrogens (primary N) is 1. The second kappa shape index (κ2) is 12.1. The number of benzene rings is 1. The Labute approximate surface area is 166 Å². The minimum absolute atomic E-state index is 0.0933. The summed E-state index contributed by atoms with van der Waals surface area (Å²) in [7, 11) is 1.64. The molecule has 1 aromatic carbocycles. The van der Waals surface area contributed by atoms with Crippen LogP contribution in [0.3, 0.4) is 0 Å². The molecule has 0 aliphatic carbocycles. The SMILES string of the molecule is C=CN(OCCCCN)C(=NC)C(=C\N=C)/C=C(\C)c1c(O)cccc1Cl. The molecule has 0 bridgehead atoms. The van der Waals surface area contributed by atoms with Gasteiger partial charge in [0.05, 0.1) is 11.6 Å². The molecule has 0 unspecified atom stereocenters. The molecule has 1 aromatic rings. The topological polar surface area (TPSA) is 83.4 Å². The number of aromatic hydroxyl groups is 1. The van der Waals surface area contributed by atoms with Crippen molar-refractivity contribution >= 4 is 29.7 Å². The number of hydrogen-bond acceptors (Lipinski definition) is 5. The quantitative estimate of drug-likeness (QED) is 0.206. The van der Waals surface area contributed by atoms with Crippen LogP contribution in [-0.4, -0.2) is 42.9 Å². The molecule has 0 saturated heterocycles. The number of phenolic OH excluding ortho intramolecular Hbond substituents is 1. The van der Waals surface area contributed by atoms with Gasteiger partial charge in [-0.2, -0.15) is 0 Å². The van der Waals surface area contributed by atoms with Crippen LogP contribution in [0.4, 0.5) is 0 Å². The normalized spacial score (nSPS) is 12.8. The summed E-state index contributed by atoms with van der Waals surface area (Å²) in [5, 5.41) is 12.1. The minimum atomic E-state index is 0.0933. The third-order valence-corrected chi connectivity index (χ3v) is 3.98. The second-order valence-corrected chi connectivity index (χ2v) is 6.02. The van der Waals surface area contributed by atoms with Gasteiger partial charge in [0.2, 0.25) is 0 Å². The Balaban J connectivity index is 3.19. The van der Waals surface area contributed by atoms with Crippen LogP contribution in [-0.2, 0) is 4.84 Å². The van der Waals surface area contributed by atoms with Crippen LogP contribution >= 0.6 is 11.6 Å². The van der Waals surface area contributed by atoms with Crippen molar-refractivity contribution in [2.24, 2.45) is 15.7 Å². The van der Waals surface area contributed by atoms with Gasteiger partial charge in [-0.3, -0.25) is 14.8 Å². The standard InChI is InChI=1S/C20H27ClN4O2/c1-5-25(27-12-7-6-11-22)20(24-4)16(14-23-3)13-15(2)19-17(21)9-8-10-18(19)26/h5,8-10,13-14,26H,1,3,6-7,11-12,22H2,2,4H3/b15-13+,16-14-,24-20?. The largest absolute Gasteiger partial charge is 0.507 e. The smallest absolute Gasteiger partial charge is 0.161 e. The molecule has 0 saturated carbocycles. The lowest BCUT2D eigenvalue weighted by Crippen LogP contribution is -2.28. The maximum absolute atomic E-state index is 10.2. The molecular formula is C20H27ClN4O2. The van der Waals surface area contributed by atoms with E-state index in [1.54, 1.807) is 37.5 Å². The van der Waals surface area contributed by atoms with Crippen molar-refractivity contribution in [2.45, 2.75) is 19.8 Å². The van der Waals surface area contributed by atoms with Crippen LogP contribution in [0, 0.1) is 0 Å². The van der Waals surface area contributed by atoms with E-state index in [4.69, 9.17) is 22.2 Å². The number of nitrogens with zero attached hydrogens (tertiary/aromatic N) is 3. The highest BCUT2D eigenvalue weighted by Crippen LogP contribution is 2.32. The molecule has 0 aromatic heterocycles.